The minimum absolute atomic E-state index is 0.221. The molecule has 2 N–H and O–H groups in total. The van der Waals surface area contributed by atoms with Crippen LogP contribution >= 0.6 is 11.3 Å². The Labute approximate surface area is 158 Å². The number of nitrogens with one attached hydrogen (secondary N) is 2. The van der Waals surface area contributed by atoms with E-state index < -0.39 is 0 Å². The number of nitrogens with zero attached hydrogens (tertiary/aromatic N) is 2. The summed E-state index contributed by atoms with van der Waals surface area (Å²) in [5.41, 5.74) is 2.25. The van der Waals surface area contributed by atoms with Crippen molar-refractivity contribution in [3.63, 3.8) is 0 Å². The number of rotatable bonds is 6. The molecule has 1 aliphatic rings. The van der Waals surface area contributed by atoms with Gasteiger partial charge >= 0.3 is 0 Å². The van der Waals surface area contributed by atoms with Crippen LogP contribution in [0.5, 0.6) is 11.5 Å². The highest BCUT2D eigenvalue weighted by Gasteiger charge is 2.21. The summed E-state index contributed by atoms with van der Waals surface area (Å²) in [6, 6.07) is 4.14. The van der Waals surface area contributed by atoms with Crippen molar-refractivity contribution < 1.29 is 9.47 Å². The number of hydrogen-bond donors (Lipinski definition) is 2. The van der Waals surface area contributed by atoms with Gasteiger partial charge in [0.05, 0.1) is 13.7 Å². The Morgan fingerprint density at radius 2 is 2.19 bits per heavy atom. The minimum Gasteiger partial charge on any atom is -0.496 e. The number of ether oxygens (including phenoxy) is 2. The number of guanidine groups is 1. The van der Waals surface area contributed by atoms with Gasteiger partial charge in [-0.05, 0) is 25.5 Å². The van der Waals surface area contributed by atoms with Crippen LogP contribution in [0.2, 0.25) is 0 Å². The fraction of sp³-hybridized carbons (Fsp3) is 0.474. The topological polar surface area (TPSA) is 67.8 Å². The molecule has 1 atom stereocenters. The van der Waals surface area contributed by atoms with Crippen LogP contribution in [-0.4, -0.2) is 31.2 Å². The Hall–Kier alpha value is -2.28. The fourth-order valence-corrected chi connectivity index (χ4v) is 3.76. The maximum absolute atomic E-state index is 5.86. The molecule has 2 heterocycles. The molecule has 0 radical (unpaired) electrons. The number of fused-ring (bicyclic) bond motifs is 1. The van der Waals surface area contributed by atoms with Gasteiger partial charge in [-0.25, -0.2) is 4.98 Å². The van der Waals surface area contributed by atoms with Gasteiger partial charge in [0.25, 0.3) is 0 Å². The van der Waals surface area contributed by atoms with E-state index in [9.17, 15) is 0 Å². The molecule has 0 spiro atoms. The summed E-state index contributed by atoms with van der Waals surface area (Å²) in [6.45, 7) is 5.48. The molecule has 140 valence electrons. The van der Waals surface area contributed by atoms with E-state index in [0.717, 1.165) is 40.9 Å². The molecule has 3 rings (SSSR count). The number of thiazole rings is 1. The first-order valence-electron chi connectivity index (χ1n) is 8.87. The van der Waals surface area contributed by atoms with Crippen molar-refractivity contribution in [1.29, 1.82) is 0 Å². The Kier molecular flexibility index (Phi) is 5.98. The lowest BCUT2D eigenvalue weighted by Crippen LogP contribution is -2.36. The first-order valence-corrected chi connectivity index (χ1v) is 9.69. The number of methoxy groups -OCH3 is 1. The van der Waals surface area contributed by atoms with Crippen molar-refractivity contribution in [2.24, 2.45) is 4.99 Å². The predicted molar refractivity (Wildman–Crippen MR) is 105 cm³/mol. The molecule has 0 saturated heterocycles. The zero-order valence-electron chi connectivity index (χ0n) is 15.8. The first kappa shape index (κ1) is 18.5. The van der Waals surface area contributed by atoms with Crippen LogP contribution in [0.15, 0.2) is 23.3 Å². The summed E-state index contributed by atoms with van der Waals surface area (Å²) in [5, 5.41) is 7.70. The van der Waals surface area contributed by atoms with Crippen molar-refractivity contribution in [3.8, 4) is 11.5 Å². The third kappa shape index (κ3) is 4.27. The number of benzene rings is 1. The molecular formula is C19H26N4O2S. The van der Waals surface area contributed by atoms with Gasteiger partial charge < -0.3 is 20.1 Å². The Bertz CT molecular complexity index is 788. The van der Waals surface area contributed by atoms with Crippen LogP contribution < -0.4 is 20.1 Å². The van der Waals surface area contributed by atoms with Gasteiger partial charge in [0.1, 0.15) is 22.6 Å². The van der Waals surface area contributed by atoms with Gasteiger partial charge in [-0.3, -0.25) is 4.99 Å². The summed E-state index contributed by atoms with van der Waals surface area (Å²) in [4.78, 5) is 10.00. The Morgan fingerprint density at radius 1 is 1.38 bits per heavy atom. The summed E-state index contributed by atoms with van der Waals surface area (Å²) >= 11 is 1.73. The number of aryl methyl sites for hydroxylation is 1. The summed E-state index contributed by atoms with van der Waals surface area (Å²) in [5.74, 6) is 2.56. The van der Waals surface area contributed by atoms with Gasteiger partial charge in [-0.15, -0.1) is 11.3 Å². The van der Waals surface area contributed by atoms with E-state index in [-0.39, 0.29) is 6.10 Å². The highest BCUT2D eigenvalue weighted by atomic mass is 32.1. The Balaban J connectivity index is 1.61. The van der Waals surface area contributed by atoms with Crippen molar-refractivity contribution >= 4 is 17.3 Å². The fourth-order valence-electron chi connectivity index (χ4n) is 2.96. The van der Waals surface area contributed by atoms with E-state index in [1.807, 2.05) is 6.20 Å². The molecule has 1 unspecified atom stereocenters. The zero-order chi connectivity index (χ0) is 18.5. The van der Waals surface area contributed by atoms with Crippen molar-refractivity contribution in [2.75, 3.05) is 14.2 Å². The van der Waals surface area contributed by atoms with Crippen LogP contribution in [0.4, 0.5) is 0 Å². The SMILES string of the molecule is CCc1cnc(CNC(=NC)NCc2cc3c(cc2OC)CC(C)O3)s1. The molecule has 1 aliphatic heterocycles. The summed E-state index contributed by atoms with van der Waals surface area (Å²) in [6.07, 6.45) is 4.10. The van der Waals surface area contributed by atoms with Crippen molar-refractivity contribution in [3.05, 3.63) is 39.3 Å². The lowest BCUT2D eigenvalue weighted by Gasteiger charge is -2.14. The molecule has 1 aromatic carbocycles. The lowest BCUT2D eigenvalue weighted by molar-refractivity contribution is 0.254. The van der Waals surface area contributed by atoms with Gasteiger partial charge in [-0.2, -0.15) is 0 Å². The Morgan fingerprint density at radius 3 is 2.88 bits per heavy atom. The highest BCUT2D eigenvalue weighted by molar-refractivity contribution is 7.11. The van der Waals surface area contributed by atoms with Crippen LogP contribution in [0.25, 0.3) is 0 Å². The third-order valence-electron chi connectivity index (χ3n) is 4.33. The van der Waals surface area contributed by atoms with Crippen LogP contribution in [0.1, 0.15) is 34.9 Å². The second-order valence-corrected chi connectivity index (χ2v) is 7.46. The van der Waals surface area contributed by atoms with Crippen molar-refractivity contribution in [1.82, 2.24) is 15.6 Å². The zero-order valence-corrected chi connectivity index (χ0v) is 16.6. The average Bonchev–Trinajstić information content (AvgIpc) is 3.25. The molecule has 2 aromatic rings. The number of hydrogen-bond acceptors (Lipinski definition) is 5. The molecular weight excluding hydrogens is 348 g/mol. The molecule has 0 fully saturated rings. The normalized spacial score (nSPS) is 16.2. The quantitative estimate of drug-likeness (QED) is 0.601. The van der Waals surface area contributed by atoms with E-state index in [1.54, 1.807) is 25.5 Å². The van der Waals surface area contributed by atoms with E-state index >= 15 is 0 Å². The first-order chi connectivity index (χ1) is 12.6. The molecule has 26 heavy (non-hydrogen) atoms. The summed E-state index contributed by atoms with van der Waals surface area (Å²) in [7, 11) is 3.46. The standard InChI is InChI=1S/C19H26N4O2S/c1-5-15-10-21-18(26-15)11-23-19(20-3)22-9-14-8-17-13(6-12(2)25-17)7-16(14)24-4/h7-8,10,12H,5-6,9,11H2,1-4H3,(H2,20,22,23). The molecule has 0 bridgehead atoms. The van der Waals surface area contributed by atoms with Crippen LogP contribution in [-0.2, 0) is 25.9 Å². The second-order valence-electron chi connectivity index (χ2n) is 6.26. The van der Waals surface area contributed by atoms with Gasteiger partial charge in [0, 0.05) is 42.2 Å². The van der Waals surface area contributed by atoms with E-state index in [4.69, 9.17) is 9.47 Å². The predicted octanol–water partition coefficient (Wildman–Crippen LogP) is 2.90. The van der Waals surface area contributed by atoms with E-state index in [0.29, 0.717) is 13.1 Å². The van der Waals surface area contributed by atoms with E-state index in [2.05, 4.69) is 46.6 Å². The molecule has 6 nitrogen and oxygen atoms in total. The van der Waals surface area contributed by atoms with Gasteiger partial charge in [0.2, 0.25) is 0 Å². The minimum atomic E-state index is 0.221. The maximum atomic E-state index is 5.86. The third-order valence-corrected chi connectivity index (χ3v) is 5.47. The van der Waals surface area contributed by atoms with Crippen LogP contribution in [0, 0.1) is 0 Å². The van der Waals surface area contributed by atoms with Gasteiger partial charge in [0.15, 0.2) is 5.96 Å². The molecule has 0 saturated carbocycles. The second kappa shape index (κ2) is 8.40. The average molecular weight is 375 g/mol. The highest BCUT2D eigenvalue weighted by Crippen LogP contribution is 2.34. The molecule has 7 heteroatoms. The summed E-state index contributed by atoms with van der Waals surface area (Å²) < 4.78 is 11.4. The molecule has 0 amide bonds. The van der Waals surface area contributed by atoms with Crippen molar-refractivity contribution in [2.45, 2.75) is 45.9 Å². The lowest BCUT2D eigenvalue weighted by atomic mass is 10.1. The molecule has 0 aliphatic carbocycles. The largest absolute Gasteiger partial charge is 0.496 e. The number of aliphatic imine (C=N–C) groups is 1. The van der Waals surface area contributed by atoms with E-state index in [1.165, 1.54) is 10.4 Å². The van der Waals surface area contributed by atoms with Crippen LogP contribution in [0.3, 0.4) is 0 Å². The monoisotopic (exact) mass is 374 g/mol. The molecule has 1 aromatic heterocycles. The smallest absolute Gasteiger partial charge is 0.191 e. The maximum Gasteiger partial charge on any atom is 0.191 e. The number of aromatic nitrogens is 1. The van der Waals surface area contributed by atoms with Gasteiger partial charge in [-0.1, -0.05) is 6.92 Å².